The molecule has 1 aliphatic heterocycles. The van der Waals surface area contributed by atoms with E-state index in [4.69, 9.17) is 0 Å². The fraction of sp³-hybridized carbons (Fsp3) is 0.588. The Hall–Kier alpha value is -0.920. The van der Waals surface area contributed by atoms with Crippen LogP contribution in [0.3, 0.4) is 0 Å². The molecule has 1 N–H and O–H groups in total. The predicted octanol–water partition coefficient (Wildman–Crippen LogP) is 3.58. The number of likely N-dealkylation sites (tertiary alicyclic amines) is 1. The maximum Gasteiger partial charge on any atom is 0.193 e. The van der Waals surface area contributed by atoms with E-state index in [1.165, 1.54) is 37.8 Å². The fourth-order valence-corrected chi connectivity index (χ4v) is 3.57. The lowest BCUT2D eigenvalue weighted by Crippen LogP contribution is -2.43. The van der Waals surface area contributed by atoms with Crippen LogP contribution in [0.15, 0.2) is 23.2 Å². The van der Waals surface area contributed by atoms with E-state index in [0.717, 1.165) is 25.1 Å². The lowest BCUT2D eigenvalue weighted by Gasteiger charge is -2.38. The summed E-state index contributed by atoms with van der Waals surface area (Å²) in [5.74, 6) is -0.120. The second-order valence-electron chi connectivity index (χ2n) is 6.48. The maximum atomic E-state index is 13.6. The van der Waals surface area contributed by atoms with Gasteiger partial charge in [-0.25, -0.2) is 8.78 Å². The fourth-order valence-electron chi connectivity index (χ4n) is 3.57. The zero-order chi connectivity index (χ0) is 15.6. The van der Waals surface area contributed by atoms with Gasteiger partial charge in [-0.2, -0.15) is 0 Å². The zero-order valence-corrected chi connectivity index (χ0v) is 15.8. The van der Waals surface area contributed by atoms with Crippen LogP contribution in [0.2, 0.25) is 0 Å². The average Bonchev–Trinajstić information content (AvgIpc) is 2.91. The topological polar surface area (TPSA) is 27.6 Å². The van der Waals surface area contributed by atoms with E-state index in [-0.39, 0.29) is 24.0 Å². The maximum absolute atomic E-state index is 13.6. The molecule has 1 aliphatic carbocycles. The number of aliphatic imine (C=N–C) groups is 1. The summed E-state index contributed by atoms with van der Waals surface area (Å²) in [6, 6.07) is 3.74. The van der Waals surface area contributed by atoms with Crippen LogP contribution in [-0.4, -0.2) is 37.5 Å². The normalized spacial score (nSPS) is 19.4. The van der Waals surface area contributed by atoms with Gasteiger partial charge in [0, 0.05) is 32.7 Å². The molecule has 0 bridgehead atoms. The minimum Gasteiger partial charge on any atom is -0.356 e. The van der Waals surface area contributed by atoms with Crippen LogP contribution in [0.5, 0.6) is 0 Å². The number of nitrogens with one attached hydrogen (secondary N) is 1. The highest BCUT2D eigenvalue weighted by Crippen LogP contribution is 2.47. The van der Waals surface area contributed by atoms with Crippen molar-refractivity contribution in [3.63, 3.8) is 0 Å². The number of hydrogen-bond donors (Lipinski definition) is 1. The Labute approximate surface area is 153 Å². The molecule has 1 aromatic carbocycles. The summed E-state index contributed by atoms with van der Waals surface area (Å²) in [4.78, 5) is 6.65. The number of rotatable bonds is 3. The molecule has 1 spiro atoms. The second-order valence-corrected chi connectivity index (χ2v) is 6.48. The molecular weight excluding hydrogens is 411 g/mol. The van der Waals surface area contributed by atoms with Crippen molar-refractivity contribution in [2.24, 2.45) is 10.4 Å². The Morgan fingerprint density at radius 2 is 2.09 bits per heavy atom. The first-order valence-electron chi connectivity index (χ1n) is 8.01. The first-order chi connectivity index (χ1) is 10.6. The van der Waals surface area contributed by atoms with Gasteiger partial charge < -0.3 is 10.2 Å². The van der Waals surface area contributed by atoms with Crippen LogP contribution in [0, 0.1) is 17.0 Å². The SMILES string of the molecule is CN=C(NCCc1ccc(F)cc1F)N1CCC2(CCC2)C1.I. The Balaban J connectivity index is 0.00000192. The van der Waals surface area contributed by atoms with Crippen molar-refractivity contribution in [2.45, 2.75) is 32.1 Å². The quantitative estimate of drug-likeness (QED) is 0.447. The van der Waals surface area contributed by atoms with Gasteiger partial charge in [0.25, 0.3) is 0 Å². The summed E-state index contributed by atoms with van der Waals surface area (Å²) in [6.45, 7) is 2.72. The zero-order valence-electron chi connectivity index (χ0n) is 13.4. The monoisotopic (exact) mass is 435 g/mol. The first kappa shape index (κ1) is 18.4. The third-order valence-corrected chi connectivity index (χ3v) is 5.06. The van der Waals surface area contributed by atoms with Crippen molar-refractivity contribution in [1.82, 2.24) is 10.2 Å². The van der Waals surface area contributed by atoms with Crippen molar-refractivity contribution in [3.8, 4) is 0 Å². The van der Waals surface area contributed by atoms with Crippen molar-refractivity contribution < 1.29 is 8.78 Å². The van der Waals surface area contributed by atoms with Crippen LogP contribution in [0.4, 0.5) is 8.78 Å². The largest absolute Gasteiger partial charge is 0.356 e. The number of guanidine groups is 1. The molecule has 23 heavy (non-hydrogen) atoms. The van der Waals surface area contributed by atoms with E-state index in [9.17, 15) is 8.78 Å². The Morgan fingerprint density at radius 3 is 2.65 bits per heavy atom. The number of benzene rings is 1. The standard InChI is InChI=1S/C17H23F2N3.HI/c1-20-16(22-10-8-17(12-22)6-2-7-17)21-9-5-13-3-4-14(18)11-15(13)19;/h3-4,11H,2,5-10,12H2,1H3,(H,20,21);1H. The molecular formula is C17H24F2IN3. The summed E-state index contributed by atoms with van der Waals surface area (Å²) < 4.78 is 26.5. The average molecular weight is 435 g/mol. The van der Waals surface area contributed by atoms with Crippen LogP contribution in [-0.2, 0) is 6.42 Å². The highest BCUT2D eigenvalue weighted by atomic mass is 127. The molecule has 1 aromatic rings. The molecule has 6 heteroatoms. The summed E-state index contributed by atoms with van der Waals surface area (Å²) in [5, 5.41) is 3.30. The van der Waals surface area contributed by atoms with Crippen molar-refractivity contribution in [3.05, 3.63) is 35.4 Å². The minimum absolute atomic E-state index is 0. The molecule has 0 unspecified atom stereocenters. The van der Waals surface area contributed by atoms with E-state index in [1.54, 1.807) is 7.05 Å². The van der Waals surface area contributed by atoms with E-state index in [2.05, 4.69) is 15.2 Å². The summed E-state index contributed by atoms with van der Waals surface area (Å²) >= 11 is 0. The molecule has 2 aliphatic rings. The van der Waals surface area contributed by atoms with Crippen LogP contribution in [0.1, 0.15) is 31.2 Å². The molecule has 1 saturated heterocycles. The highest BCUT2D eigenvalue weighted by Gasteiger charge is 2.43. The van der Waals surface area contributed by atoms with Crippen molar-refractivity contribution >= 4 is 29.9 Å². The van der Waals surface area contributed by atoms with E-state index in [0.29, 0.717) is 23.9 Å². The molecule has 1 saturated carbocycles. The number of nitrogens with zero attached hydrogens (tertiary/aromatic N) is 2. The third kappa shape index (κ3) is 4.14. The van der Waals surface area contributed by atoms with Gasteiger partial charge in [-0.05, 0) is 42.7 Å². The van der Waals surface area contributed by atoms with Gasteiger partial charge in [-0.3, -0.25) is 4.99 Å². The highest BCUT2D eigenvalue weighted by molar-refractivity contribution is 14.0. The molecule has 3 rings (SSSR count). The first-order valence-corrected chi connectivity index (χ1v) is 8.01. The lowest BCUT2D eigenvalue weighted by atomic mass is 9.68. The molecule has 0 aromatic heterocycles. The van der Waals surface area contributed by atoms with Gasteiger partial charge >= 0.3 is 0 Å². The van der Waals surface area contributed by atoms with E-state index in [1.807, 2.05) is 0 Å². The predicted molar refractivity (Wildman–Crippen MR) is 99.3 cm³/mol. The Bertz CT molecular complexity index is 573. The van der Waals surface area contributed by atoms with Crippen molar-refractivity contribution in [2.75, 3.05) is 26.7 Å². The van der Waals surface area contributed by atoms with Gasteiger partial charge in [-0.1, -0.05) is 12.5 Å². The van der Waals surface area contributed by atoms with Crippen LogP contribution >= 0.6 is 24.0 Å². The molecule has 2 fully saturated rings. The summed E-state index contributed by atoms with van der Waals surface area (Å²) in [7, 11) is 1.78. The van der Waals surface area contributed by atoms with Crippen molar-refractivity contribution in [1.29, 1.82) is 0 Å². The Morgan fingerprint density at radius 1 is 1.30 bits per heavy atom. The lowest BCUT2D eigenvalue weighted by molar-refractivity contribution is 0.151. The van der Waals surface area contributed by atoms with Crippen LogP contribution in [0.25, 0.3) is 0 Å². The van der Waals surface area contributed by atoms with Gasteiger partial charge in [0.2, 0.25) is 0 Å². The summed E-state index contributed by atoms with van der Waals surface area (Å²) in [5.41, 5.74) is 1.06. The van der Waals surface area contributed by atoms with Gasteiger partial charge in [0.1, 0.15) is 11.6 Å². The molecule has 1 heterocycles. The Kier molecular flexibility index (Phi) is 6.22. The molecule has 3 nitrogen and oxygen atoms in total. The van der Waals surface area contributed by atoms with Gasteiger partial charge in [-0.15, -0.1) is 24.0 Å². The van der Waals surface area contributed by atoms with E-state index < -0.39 is 11.6 Å². The number of hydrogen-bond acceptors (Lipinski definition) is 1. The minimum atomic E-state index is -0.534. The van der Waals surface area contributed by atoms with Crippen LogP contribution < -0.4 is 5.32 Å². The van der Waals surface area contributed by atoms with Gasteiger partial charge in [0.15, 0.2) is 5.96 Å². The summed E-state index contributed by atoms with van der Waals surface area (Å²) in [6.07, 6.45) is 5.79. The molecule has 0 amide bonds. The molecule has 0 radical (unpaired) electrons. The molecule has 0 atom stereocenters. The third-order valence-electron chi connectivity index (χ3n) is 5.06. The smallest absolute Gasteiger partial charge is 0.193 e. The van der Waals surface area contributed by atoms with E-state index >= 15 is 0 Å². The second kappa shape index (κ2) is 7.77. The molecule has 128 valence electrons. The number of halogens is 3. The van der Waals surface area contributed by atoms with Gasteiger partial charge in [0.05, 0.1) is 0 Å².